The molecule has 0 aliphatic carbocycles. The zero-order valence-electron chi connectivity index (χ0n) is 10.1. The molecule has 0 spiro atoms. The number of nitrogens with two attached hydrogens (primary N) is 1. The Balaban J connectivity index is 2.89. The number of alkyl halides is 3. The van der Waals surface area contributed by atoms with Crippen LogP contribution in [0, 0.1) is 0 Å². The first kappa shape index (κ1) is 14.9. The first-order chi connectivity index (χ1) is 8.84. The molecule has 0 unspecified atom stereocenters. The van der Waals surface area contributed by atoms with Crippen LogP contribution in [-0.2, 0) is 15.7 Å². The van der Waals surface area contributed by atoms with E-state index in [-0.39, 0.29) is 18.6 Å². The van der Waals surface area contributed by atoms with Gasteiger partial charge in [0.05, 0.1) is 13.0 Å². The average molecular weight is 275 g/mol. The first-order valence-corrected chi connectivity index (χ1v) is 5.36. The van der Waals surface area contributed by atoms with E-state index in [0.29, 0.717) is 0 Å². The van der Waals surface area contributed by atoms with E-state index in [0.717, 1.165) is 12.3 Å². The van der Waals surface area contributed by atoms with Crippen LogP contribution < -0.4 is 5.73 Å². The van der Waals surface area contributed by atoms with Crippen molar-refractivity contribution >= 4 is 18.0 Å². The Morgan fingerprint density at radius 2 is 2.21 bits per heavy atom. The third-order valence-corrected chi connectivity index (χ3v) is 1.99. The second-order valence-electron chi connectivity index (χ2n) is 3.44. The minimum Gasteiger partial charge on any atom is -0.466 e. The van der Waals surface area contributed by atoms with Crippen LogP contribution in [0.4, 0.5) is 19.1 Å². The molecule has 0 saturated heterocycles. The van der Waals surface area contributed by atoms with E-state index >= 15 is 0 Å². The summed E-state index contributed by atoms with van der Waals surface area (Å²) in [7, 11) is 0. The second-order valence-corrected chi connectivity index (χ2v) is 3.44. The summed E-state index contributed by atoms with van der Waals surface area (Å²) in [6.45, 7) is 1.85. The van der Waals surface area contributed by atoms with Crippen molar-refractivity contribution in [1.82, 2.24) is 9.97 Å². The standard InChI is InChI=1S/C11H12F3N3O2/c1-2-19-8(18)5-3-4-7-6-16-10(15)17-9(7)11(12,13)14/h3-4,6H,2,5H2,1H3,(H2,15,16,17). The van der Waals surface area contributed by atoms with Crippen molar-refractivity contribution in [3.05, 3.63) is 23.5 Å². The number of halogens is 3. The van der Waals surface area contributed by atoms with Crippen LogP contribution in [0.2, 0.25) is 0 Å². The zero-order chi connectivity index (χ0) is 14.5. The van der Waals surface area contributed by atoms with Gasteiger partial charge in [-0.1, -0.05) is 12.2 Å². The van der Waals surface area contributed by atoms with Gasteiger partial charge in [-0.2, -0.15) is 13.2 Å². The summed E-state index contributed by atoms with van der Waals surface area (Å²) < 4.78 is 42.6. The number of anilines is 1. The highest BCUT2D eigenvalue weighted by atomic mass is 19.4. The molecule has 1 heterocycles. The van der Waals surface area contributed by atoms with Crippen LogP contribution in [0.1, 0.15) is 24.6 Å². The van der Waals surface area contributed by atoms with Crippen molar-refractivity contribution in [3.8, 4) is 0 Å². The van der Waals surface area contributed by atoms with Gasteiger partial charge in [0.25, 0.3) is 0 Å². The minimum absolute atomic E-state index is 0.129. The molecule has 0 atom stereocenters. The third-order valence-electron chi connectivity index (χ3n) is 1.99. The molecule has 0 saturated carbocycles. The topological polar surface area (TPSA) is 78.1 Å². The Hall–Kier alpha value is -2.12. The number of ether oxygens (including phenoxy) is 1. The fraction of sp³-hybridized carbons (Fsp3) is 0.364. The quantitative estimate of drug-likeness (QED) is 0.851. The number of aromatic nitrogens is 2. The monoisotopic (exact) mass is 275 g/mol. The molecule has 2 N–H and O–H groups in total. The number of nitrogens with zero attached hydrogens (tertiary/aromatic N) is 2. The molecule has 1 aromatic heterocycles. The Labute approximate surface area is 107 Å². The molecule has 8 heteroatoms. The van der Waals surface area contributed by atoms with Gasteiger partial charge in [0.2, 0.25) is 5.95 Å². The largest absolute Gasteiger partial charge is 0.466 e. The first-order valence-electron chi connectivity index (χ1n) is 5.36. The van der Waals surface area contributed by atoms with Gasteiger partial charge < -0.3 is 10.5 Å². The molecule has 0 amide bonds. The molecule has 0 aliphatic rings. The fourth-order valence-corrected chi connectivity index (χ4v) is 1.26. The maximum absolute atomic E-state index is 12.7. The van der Waals surface area contributed by atoms with Gasteiger partial charge in [-0.3, -0.25) is 4.79 Å². The Bertz CT molecular complexity index is 487. The highest BCUT2D eigenvalue weighted by Crippen LogP contribution is 2.31. The summed E-state index contributed by atoms with van der Waals surface area (Å²) in [5.74, 6) is -0.987. The molecule has 0 bridgehead atoms. The SMILES string of the molecule is CCOC(=O)CC=Cc1cnc(N)nc1C(F)(F)F. The number of carbonyl (C=O) groups is 1. The predicted molar refractivity (Wildman–Crippen MR) is 61.7 cm³/mol. The number of carbonyl (C=O) groups excluding carboxylic acids is 1. The maximum Gasteiger partial charge on any atom is 0.434 e. The molecular formula is C11H12F3N3O2. The van der Waals surface area contributed by atoms with Gasteiger partial charge >= 0.3 is 12.1 Å². The molecular weight excluding hydrogens is 263 g/mol. The van der Waals surface area contributed by atoms with Gasteiger partial charge in [0.15, 0.2) is 5.69 Å². The van der Waals surface area contributed by atoms with Crippen molar-refractivity contribution in [2.75, 3.05) is 12.3 Å². The molecule has 0 aromatic carbocycles. The van der Waals surface area contributed by atoms with Crippen molar-refractivity contribution in [2.45, 2.75) is 19.5 Å². The minimum atomic E-state index is -4.64. The highest BCUT2D eigenvalue weighted by molar-refractivity contribution is 5.72. The van der Waals surface area contributed by atoms with Crippen LogP contribution in [0.3, 0.4) is 0 Å². The lowest BCUT2D eigenvalue weighted by Gasteiger charge is -2.08. The van der Waals surface area contributed by atoms with Crippen LogP contribution in [0.25, 0.3) is 6.08 Å². The molecule has 1 rings (SSSR count). The summed E-state index contributed by atoms with van der Waals surface area (Å²) in [4.78, 5) is 17.7. The van der Waals surface area contributed by atoms with Crippen molar-refractivity contribution < 1.29 is 22.7 Å². The molecule has 0 aliphatic heterocycles. The number of rotatable bonds is 4. The van der Waals surface area contributed by atoms with E-state index in [1.807, 2.05) is 0 Å². The molecule has 104 valence electrons. The summed E-state index contributed by atoms with van der Waals surface area (Å²) in [6.07, 6.45) is -1.45. The normalized spacial score (nSPS) is 11.8. The Kier molecular flexibility index (Phi) is 4.85. The molecule has 0 fully saturated rings. The van der Waals surface area contributed by atoms with E-state index in [4.69, 9.17) is 5.73 Å². The van der Waals surface area contributed by atoms with Crippen LogP contribution in [0.15, 0.2) is 12.3 Å². The summed E-state index contributed by atoms with van der Waals surface area (Å²) in [5, 5.41) is 0. The Morgan fingerprint density at radius 1 is 1.53 bits per heavy atom. The number of esters is 1. The van der Waals surface area contributed by atoms with E-state index in [2.05, 4.69) is 14.7 Å². The molecule has 5 nitrogen and oxygen atoms in total. The number of nitrogen functional groups attached to an aromatic ring is 1. The third kappa shape index (κ3) is 4.57. The van der Waals surface area contributed by atoms with E-state index in [9.17, 15) is 18.0 Å². The lowest BCUT2D eigenvalue weighted by molar-refractivity contribution is -0.142. The van der Waals surface area contributed by atoms with Gasteiger partial charge in [-0.25, -0.2) is 9.97 Å². The van der Waals surface area contributed by atoms with E-state index < -0.39 is 23.8 Å². The highest BCUT2D eigenvalue weighted by Gasteiger charge is 2.35. The predicted octanol–water partition coefficient (Wildman–Crippen LogP) is 2.04. The zero-order valence-corrected chi connectivity index (χ0v) is 10.1. The van der Waals surface area contributed by atoms with Gasteiger partial charge in [-0.15, -0.1) is 0 Å². The van der Waals surface area contributed by atoms with Gasteiger partial charge in [-0.05, 0) is 6.92 Å². The average Bonchev–Trinajstić information content (AvgIpc) is 2.30. The summed E-state index contributed by atoms with van der Waals surface area (Å²) in [6, 6.07) is 0. The Morgan fingerprint density at radius 3 is 2.79 bits per heavy atom. The van der Waals surface area contributed by atoms with E-state index in [1.165, 1.54) is 6.08 Å². The van der Waals surface area contributed by atoms with Crippen LogP contribution >= 0.6 is 0 Å². The van der Waals surface area contributed by atoms with Crippen molar-refractivity contribution in [2.24, 2.45) is 0 Å². The van der Waals surface area contributed by atoms with Crippen LogP contribution in [-0.4, -0.2) is 22.5 Å². The van der Waals surface area contributed by atoms with Crippen molar-refractivity contribution in [3.63, 3.8) is 0 Å². The summed E-state index contributed by atoms with van der Waals surface area (Å²) in [5.41, 5.74) is 3.72. The lowest BCUT2D eigenvalue weighted by atomic mass is 10.2. The van der Waals surface area contributed by atoms with Crippen LogP contribution in [0.5, 0.6) is 0 Å². The lowest BCUT2D eigenvalue weighted by Crippen LogP contribution is -2.13. The molecule has 1 aromatic rings. The fourth-order valence-electron chi connectivity index (χ4n) is 1.26. The summed E-state index contributed by atoms with van der Waals surface area (Å²) >= 11 is 0. The van der Waals surface area contributed by atoms with E-state index in [1.54, 1.807) is 6.92 Å². The molecule has 0 radical (unpaired) electrons. The molecule has 19 heavy (non-hydrogen) atoms. The smallest absolute Gasteiger partial charge is 0.434 e. The number of hydrogen-bond donors (Lipinski definition) is 1. The maximum atomic E-state index is 12.7. The number of hydrogen-bond acceptors (Lipinski definition) is 5. The second kappa shape index (κ2) is 6.17. The van der Waals surface area contributed by atoms with Gasteiger partial charge in [0.1, 0.15) is 0 Å². The van der Waals surface area contributed by atoms with Gasteiger partial charge in [0, 0.05) is 11.8 Å². The van der Waals surface area contributed by atoms with Crippen molar-refractivity contribution in [1.29, 1.82) is 0 Å².